The SMILES string of the molecule is CCOc1cccc(-c2c(C(=O)N/N=C\c3ccc(C(=O)OC)cc3)nnn2-c2nonc2N)c1. The van der Waals surface area contributed by atoms with Crippen LogP contribution in [-0.4, -0.2) is 57.1 Å². The Hall–Kier alpha value is -5.07. The second kappa shape index (κ2) is 10.2. The Labute approximate surface area is 198 Å². The molecule has 0 radical (unpaired) electrons. The van der Waals surface area contributed by atoms with Crippen LogP contribution in [0.15, 0.2) is 58.3 Å². The molecule has 3 N–H and O–H groups in total. The van der Waals surface area contributed by atoms with Crippen LogP contribution in [0.1, 0.15) is 33.3 Å². The number of nitrogens with two attached hydrogens (primary N) is 1. The number of amides is 1. The Morgan fingerprint density at radius 3 is 2.69 bits per heavy atom. The minimum Gasteiger partial charge on any atom is -0.494 e. The number of carbonyl (C=O) groups excluding carboxylic acids is 2. The molecule has 0 saturated carbocycles. The van der Waals surface area contributed by atoms with Gasteiger partial charge < -0.3 is 15.2 Å². The summed E-state index contributed by atoms with van der Waals surface area (Å²) in [6.45, 7) is 2.32. The highest BCUT2D eigenvalue weighted by Gasteiger charge is 2.25. The van der Waals surface area contributed by atoms with Gasteiger partial charge in [0.15, 0.2) is 5.69 Å². The topological polar surface area (TPSA) is 173 Å². The monoisotopic (exact) mass is 476 g/mol. The molecule has 4 aromatic rings. The lowest BCUT2D eigenvalue weighted by Crippen LogP contribution is -2.19. The molecule has 0 aliphatic carbocycles. The number of methoxy groups -OCH3 is 1. The summed E-state index contributed by atoms with van der Waals surface area (Å²) in [6, 6.07) is 13.5. The highest BCUT2D eigenvalue weighted by Crippen LogP contribution is 2.29. The van der Waals surface area contributed by atoms with Crippen LogP contribution in [0.2, 0.25) is 0 Å². The number of ether oxygens (including phenoxy) is 2. The third kappa shape index (κ3) is 4.98. The van der Waals surface area contributed by atoms with Crippen molar-refractivity contribution < 1.29 is 23.7 Å². The minimum absolute atomic E-state index is 0.0301. The number of hydrogen-bond donors (Lipinski definition) is 2. The predicted molar refractivity (Wildman–Crippen MR) is 123 cm³/mol. The van der Waals surface area contributed by atoms with Crippen LogP contribution in [0, 0.1) is 0 Å². The van der Waals surface area contributed by atoms with Crippen LogP contribution in [0.25, 0.3) is 17.1 Å². The van der Waals surface area contributed by atoms with Gasteiger partial charge in [-0.3, -0.25) is 4.79 Å². The normalized spacial score (nSPS) is 10.9. The molecule has 0 atom stereocenters. The molecule has 2 aromatic heterocycles. The largest absolute Gasteiger partial charge is 0.494 e. The summed E-state index contributed by atoms with van der Waals surface area (Å²) in [5, 5.41) is 19.3. The molecule has 35 heavy (non-hydrogen) atoms. The van der Waals surface area contributed by atoms with Gasteiger partial charge in [0.2, 0.25) is 11.6 Å². The van der Waals surface area contributed by atoms with E-state index in [0.29, 0.717) is 29.0 Å². The highest BCUT2D eigenvalue weighted by molar-refractivity contribution is 5.99. The quantitative estimate of drug-likeness (QED) is 0.217. The average molecular weight is 476 g/mol. The fourth-order valence-corrected chi connectivity index (χ4v) is 3.12. The van der Waals surface area contributed by atoms with Gasteiger partial charge in [0.25, 0.3) is 5.91 Å². The van der Waals surface area contributed by atoms with Crippen molar-refractivity contribution in [2.45, 2.75) is 6.92 Å². The van der Waals surface area contributed by atoms with Crippen molar-refractivity contribution in [3.8, 4) is 22.8 Å². The average Bonchev–Trinajstić information content (AvgIpc) is 3.50. The summed E-state index contributed by atoms with van der Waals surface area (Å²) in [7, 11) is 1.30. The molecule has 13 heteroatoms. The summed E-state index contributed by atoms with van der Waals surface area (Å²) in [5.74, 6) is -0.455. The number of nitrogens with one attached hydrogen (secondary N) is 1. The van der Waals surface area contributed by atoms with E-state index in [4.69, 9.17) is 10.5 Å². The number of carbonyl (C=O) groups is 2. The van der Waals surface area contributed by atoms with Crippen molar-refractivity contribution in [2.24, 2.45) is 5.10 Å². The van der Waals surface area contributed by atoms with E-state index in [9.17, 15) is 9.59 Å². The number of nitrogens with zero attached hydrogens (tertiary/aromatic N) is 6. The highest BCUT2D eigenvalue weighted by atomic mass is 16.6. The van der Waals surface area contributed by atoms with Crippen LogP contribution in [0.5, 0.6) is 5.75 Å². The number of hydrogen-bond acceptors (Lipinski definition) is 11. The number of esters is 1. The second-order valence-corrected chi connectivity index (χ2v) is 6.95. The van der Waals surface area contributed by atoms with Gasteiger partial charge >= 0.3 is 5.97 Å². The van der Waals surface area contributed by atoms with Gasteiger partial charge in [-0.25, -0.2) is 14.8 Å². The predicted octanol–water partition coefficient (Wildman–Crippen LogP) is 1.85. The Balaban J connectivity index is 1.63. The molecule has 0 saturated heterocycles. The summed E-state index contributed by atoms with van der Waals surface area (Å²) in [5.41, 5.74) is 10.1. The molecule has 4 rings (SSSR count). The maximum Gasteiger partial charge on any atom is 0.337 e. The lowest BCUT2D eigenvalue weighted by atomic mass is 10.1. The zero-order valence-electron chi connectivity index (χ0n) is 18.7. The fourth-order valence-electron chi connectivity index (χ4n) is 3.12. The lowest BCUT2D eigenvalue weighted by Gasteiger charge is -2.08. The molecule has 13 nitrogen and oxygen atoms in total. The Morgan fingerprint density at radius 2 is 2.00 bits per heavy atom. The van der Waals surface area contributed by atoms with Crippen molar-refractivity contribution in [3.63, 3.8) is 0 Å². The molecule has 0 fully saturated rings. The number of anilines is 1. The molecule has 2 heterocycles. The van der Waals surface area contributed by atoms with Gasteiger partial charge in [-0.05, 0) is 47.1 Å². The number of benzene rings is 2. The van der Waals surface area contributed by atoms with E-state index in [2.05, 4.69) is 40.5 Å². The van der Waals surface area contributed by atoms with Crippen molar-refractivity contribution in [1.82, 2.24) is 30.7 Å². The van der Waals surface area contributed by atoms with E-state index in [-0.39, 0.29) is 23.0 Å². The maximum atomic E-state index is 13.0. The molecule has 0 spiro atoms. The van der Waals surface area contributed by atoms with E-state index in [0.717, 1.165) is 0 Å². The second-order valence-electron chi connectivity index (χ2n) is 6.95. The van der Waals surface area contributed by atoms with Gasteiger partial charge in [-0.15, -0.1) is 5.10 Å². The third-order valence-electron chi connectivity index (χ3n) is 4.71. The Kier molecular flexibility index (Phi) is 6.76. The van der Waals surface area contributed by atoms with E-state index >= 15 is 0 Å². The maximum absolute atomic E-state index is 13.0. The van der Waals surface area contributed by atoms with Gasteiger partial charge in [-0.2, -0.15) is 9.78 Å². The van der Waals surface area contributed by atoms with Crippen LogP contribution in [0.3, 0.4) is 0 Å². The van der Waals surface area contributed by atoms with Crippen LogP contribution in [0.4, 0.5) is 5.82 Å². The molecule has 0 aliphatic heterocycles. The van der Waals surface area contributed by atoms with Gasteiger partial charge in [-0.1, -0.05) is 29.5 Å². The molecule has 2 aromatic carbocycles. The molecule has 0 bridgehead atoms. The molecule has 0 unspecified atom stereocenters. The van der Waals surface area contributed by atoms with E-state index in [1.54, 1.807) is 48.5 Å². The number of rotatable bonds is 8. The van der Waals surface area contributed by atoms with E-state index in [1.807, 2.05) is 6.92 Å². The van der Waals surface area contributed by atoms with Crippen LogP contribution < -0.4 is 15.9 Å². The summed E-state index contributed by atoms with van der Waals surface area (Å²) >= 11 is 0. The third-order valence-corrected chi connectivity index (χ3v) is 4.71. The van der Waals surface area contributed by atoms with E-state index in [1.165, 1.54) is 18.0 Å². The van der Waals surface area contributed by atoms with Gasteiger partial charge in [0.1, 0.15) is 11.4 Å². The zero-order valence-corrected chi connectivity index (χ0v) is 18.7. The summed E-state index contributed by atoms with van der Waals surface area (Å²) < 4.78 is 16.2. The van der Waals surface area contributed by atoms with Crippen molar-refractivity contribution >= 4 is 23.9 Å². The molecule has 1 amide bonds. The first-order valence-electron chi connectivity index (χ1n) is 10.3. The summed E-state index contributed by atoms with van der Waals surface area (Å²) in [6.07, 6.45) is 1.41. The first-order valence-corrected chi connectivity index (χ1v) is 10.3. The standard InChI is InChI=1S/C22H20N8O5/c1-3-34-16-6-4-5-15(11-16)18-17(25-29-30(18)20-19(23)27-35-28-20)21(31)26-24-12-13-7-9-14(10-8-13)22(32)33-2/h4-12H,3H2,1-2H3,(H2,23,27)(H,26,31)/b24-12-. The lowest BCUT2D eigenvalue weighted by molar-refractivity contribution is 0.0600. The van der Waals surface area contributed by atoms with Gasteiger partial charge in [0.05, 0.1) is 25.5 Å². The molecule has 0 aliphatic rings. The van der Waals surface area contributed by atoms with Gasteiger partial charge in [0, 0.05) is 5.56 Å². The number of nitrogen functional groups attached to an aromatic ring is 1. The van der Waals surface area contributed by atoms with Crippen LogP contribution >= 0.6 is 0 Å². The molecular weight excluding hydrogens is 456 g/mol. The van der Waals surface area contributed by atoms with Crippen LogP contribution in [-0.2, 0) is 4.74 Å². The number of hydrazone groups is 1. The smallest absolute Gasteiger partial charge is 0.337 e. The first kappa shape index (κ1) is 23.1. The molecular formula is C22H20N8O5. The Morgan fingerprint density at radius 1 is 1.20 bits per heavy atom. The minimum atomic E-state index is -0.634. The van der Waals surface area contributed by atoms with E-state index < -0.39 is 11.9 Å². The number of aromatic nitrogens is 5. The van der Waals surface area contributed by atoms with Crippen molar-refractivity contribution in [1.29, 1.82) is 0 Å². The zero-order chi connectivity index (χ0) is 24.8. The van der Waals surface area contributed by atoms with Crippen molar-refractivity contribution in [2.75, 3.05) is 19.5 Å². The molecule has 178 valence electrons. The first-order chi connectivity index (χ1) is 17.0. The Bertz CT molecular complexity index is 1380. The van der Waals surface area contributed by atoms with Crippen molar-refractivity contribution in [3.05, 3.63) is 65.4 Å². The summed E-state index contributed by atoms with van der Waals surface area (Å²) in [4.78, 5) is 24.5. The fraction of sp³-hybridized carbons (Fsp3) is 0.136.